The monoisotopic (exact) mass is 600 g/mol. The summed E-state index contributed by atoms with van der Waals surface area (Å²) < 4.78 is 2.19. The molecule has 2 aromatic carbocycles. The third-order valence-electron chi connectivity index (χ3n) is 9.24. The molecule has 3 aromatic rings. The number of rotatable bonds is 9. The molecule has 228 valence electrons. The summed E-state index contributed by atoms with van der Waals surface area (Å²) in [5.74, 6) is 2.37. The van der Waals surface area contributed by atoms with Crippen LogP contribution in [0, 0.1) is 17.2 Å². The minimum absolute atomic E-state index is 0.00319. The number of hydrogen-bond donors (Lipinski definition) is 1. The molecule has 5 rings (SSSR count). The molecule has 2 atom stereocenters. The zero-order chi connectivity index (χ0) is 30.5. The van der Waals surface area contributed by atoms with Crippen LogP contribution in [-0.2, 0) is 19.9 Å². The average Bonchev–Trinajstić information content (AvgIpc) is 3.62. The maximum atomic E-state index is 13.7. The summed E-state index contributed by atoms with van der Waals surface area (Å²) in [4.78, 5) is 27.3. The molecule has 43 heavy (non-hydrogen) atoms. The Morgan fingerprint density at radius 3 is 2.67 bits per heavy atom. The second-order valence-corrected chi connectivity index (χ2v) is 12.7. The van der Waals surface area contributed by atoms with E-state index in [-0.39, 0.29) is 23.7 Å². The molecule has 1 aliphatic carbocycles. The lowest BCUT2D eigenvalue weighted by atomic mass is 9.98. The van der Waals surface area contributed by atoms with E-state index < -0.39 is 0 Å². The third kappa shape index (κ3) is 7.20. The van der Waals surface area contributed by atoms with Crippen LogP contribution in [0.2, 0.25) is 5.02 Å². The van der Waals surface area contributed by atoms with Gasteiger partial charge in [-0.3, -0.25) is 10.2 Å². The highest BCUT2D eigenvalue weighted by molar-refractivity contribution is 6.30. The Morgan fingerprint density at radius 1 is 1.19 bits per heavy atom. The molecule has 8 heteroatoms. The molecule has 2 unspecified atom stereocenters. The van der Waals surface area contributed by atoms with Gasteiger partial charge >= 0.3 is 0 Å². The normalized spacial score (nSPS) is 19.1. The van der Waals surface area contributed by atoms with Crippen LogP contribution in [0.4, 0.5) is 0 Å². The quantitative estimate of drug-likeness (QED) is 0.206. The van der Waals surface area contributed by atoms with Crippen LogP contribution < -0.4 is 0 Å². The van der Waals surface area contributed by atoms with Crippen molar-refractivity contribution >= 4 is 40.6 Å². The number of amidine groups is 1. The predicted molar refractivity (Wildman–Crippen MR) is 177 cm³/mol. The van der Waals surface area contributed by atoms with Gasteiger partial charge in [0.2, 0.25) is 0 Å². The molecule has 2 aliphatic rings. The van der Waals surface area contributed by atoms with Crippen LogP contribution >= 0.6 is 11.6 Å². The highest BCUT2D eigenvalue weighted by atomic mass is 35.5. The first-order chi connectivity index (χ1) is 20.8. The minimum atomic E-state index is -0.00319. The number of fused-ring (bicyclic) bond motifs is 1. The van der Waals surface area contributed by atoms with E-state index in [9.17, 15) is 4.79 Å². The van der Waals surface area contributed by atoms with E-state index in [1.54, 1.807) is 0 Å². The number of carbonyl (C=O) groups excluding carboxylic acids is 1. The highest BCUT2D eigenvalue weighted by Gasteiger charge is 2.30. The fourth-order valence-corrected chi connectivity index (χ4v) is 6.88. The zero-order valence-corrected chi connectivity index (χ0v) is 26.8. The van der Waals surface area contributed by atoms with Gasteiger partial charge in [0.05, 0.1) is 16.7 Å². The van der Waals surface area contributed by atoms with Crippen LogP contribution in [-0.4, -0.2) is 63.0 Å². The van der Waals surface area contributed by atoms with Crippen LogP contribution in [0.25, 0.3) is 11.0 Å². The molecular weight excluding hydrogens is 556 g/mol. The van der Waals surface area contributed by atoms with Gasteiger partial charge in [0, 0.05) is 55.9 Å². The molecule has 1 saturated heterocycles. The lowest BCUT2D eigenvalue weighted by Crippen LogP contribution is -2.54. The van der Waals surface area contributed by atoms with Gasteiger partial charge in [-0.05, 0) is 74.4 Å². The molecule has 1 amide bonds. The summed E-state index contributed by atoms with van der Waals surface area (Å²) in [5.41, 5.74) is 4.64. The van der Waals surface area contributed by atoms with Crippen LogP contribution in [0.15, 0.2) is 59.2 Å². The number of imidazole rings is 1. The van der Waals surface area contributed by atoms with E-state index in [2.05, 4.69) is 41.4 Å². The van der Waals surface area contributed by atoms with Crippen molar-refractivity contribution in [3.63, 3.8) is 0 Å². The molecule has 1 aliphatic heterocycles. The van der Waals surface area contributed by atoms with E-state index in [1.165, 1.54) is 31.2 Å². The molecule has 1 N–H and O–H groups in total. The minimum Gasteiger partial charge on any atom is -0.365 e. The molecule has 7 nitrogen and oxygen atoms in total. The highest BCUT2D eigenvalue weighted by Crippen LogP contribution is 2.29. The standard InChI is InChI=1S/C35H45ClN6O/c1-5-25(18-27-12-9-13-29(36)19-27)22-38-34(37)31(6-2)41-16-17-42(24(3)23-41)35(43)28-14-15-32-30(21-28)39-33(40(32)4)20-26-10-7-8-11-26/h6,9,12-15,19,21-22,24-26,37H,5,7-8,10-11,16-18,20,23H2,1-4H3/b31-6?,37-34?,38-22-. The number of aromatic nitrogens is 2. The number of nitrogens with zero attached hydrogens (tertiary/aromatic N) is 5. The summed E-state index contributed by atoms with van der Waals surface area (Å²) in [7, 11) is 2.09. The number of piperazine rings is 1. The molecule has 2 fully saturated rings. The topological polar surface area (TPSA) is 77.6 Å². The van der Waals surface area contributed by atoms with Gasteiger partial charge in [-0.1, -0.05) is 62.4 Å². The number of nitrogens with one attached hydrogen (secondary N) is 1. The lowest BCUT2D eigenvalue weighted by Gasteiger charge is -2.41. The number of halogens is 1. The summed E-state index contributed by atoms with van der Waals surface area (Å²) in [5, 5.41) is 9.48. The Hall–Kier alpha value is -3.45. The van der Waals surface area contributed by atoms with Crippen molar-refractivity contribution in [3.8, 4) is 0 Å². The summed E-state index contributed by atoms with van der Waals surface area (Å²) in [6.45, 7) is 8.08. The Labute approximate surface area is 261 Å². The number of aryl methyl sites for hydroxylation is 1. The largest absolute Gasteiger partial charge is 0.365 e. The van der Waals surface area contributed by atoms with Crippen molar-refractivity contribution in [2.45, 2.75) is 71.8 Å². The molecule has 0 radical (unpaired) electrons. The Kier molecular flexibility index (Phi) is 10.0. The van der Waals surface area contributed by atoms with Crippen LogP contribution in [0.5, 0.6) is 0 Å². The lowest BCUT2D eigenvalue weighted by molar-refractivity contribution is 0.0551. The maximum Gasteiger partial charge on any atom is 0.254 e. The summed E-state index contributed by atoms with van der Waals surface area (Å²) in [6.07, 6.45) is 11.9. The Balaban J connectivity index is 1.21. The molecule has 2 heterocycles. The van der Waals surface area contributed by atoms with E-state index in [1.807, 2.05) is 60.5 Å². The first-order valence-electron chi connectivity index (χ1n) is 15.8. The van der Waals surface area contributed by atoms with Crippen molar-refractivity contribution in [2.75, 3.05) is 19.6 Å². The smallest absolute Gasteiger partial charge is 0.254 e. The number of hydrogen-bond acceptors (Lipinski definition) is 4. The first-order valence-corrected chi connectivity index (χ1v) is 16.2. The fourth-order valence-electron chi connectivity index (χ4n) is 6.67. The van der Waals surface area contributed by atoms with Gasteiger partial charge in [0.1, 0.15) is 5.82 Å². The van der Waals surface area contributed by atoms with Crippen molar-refractivity contribution < 1.29 is 4.79 Å². The van der Waals surface area contributed by atoms with Gasteiger partial charge in [-0.25, -0.2) is 9.98 Å². The molecule has 0 spiro atoms. The maximum absolute atomic E-state index is 13.7. The van der Waals surface area contributed by atoms with E-state index in [0.717, 1.165) is 52.8 Å². The Morgan fingerprint density at radius 2 is 1.98 bits per heavy atom. The molecule has 1 aromatic heterocycles. The van der Waals surface area contributed by atoms with Crippen LogP contribution in [0.3, 0.4) is 0 Å². The van der Waals surface area contributed by atoms with Crippen molar-refractivity contribution in [2.24, 2.45) is 23.9 Å². The van der Waals surface area contributed by atoms with E-state index >= 15 is 0 Å². The third-order valence-corrected chi connectivity index (χ3v) is 9.47. The molecule has 0 bridgehead atoms. The summed E-state index contributed by atoms with van der Waals surface area (Å²) in [6, 6.07) is 13.9. The van der Waals surface area contributed by atoms with Gasteiger partial charge in [-0.15, -0.1) is 0 Å². The van der Waals surface area contributed by atoms with Crippen molar-refractivity contribution in [1.29, 1.82) is 5.41 Å². The number of allylic oxidation sites excluding steroid dienone is 1. The average molecular weight is 601 g/mol. The van der Waals surface area contributed by atoms with E-state index in [0.29, 0.717) is 25.2 Å². The number of amides is 1. The van der Waals surface area contributed by atoms with Gasteiger partial charge in [-0.2, -0.15) is 0 Å². The van der Waals surface area contributed by atoms with Gasteiger partial charge in [0.25, 0.3) is 5.91 Å². The van der Waals surface area contributed by atoms with E-state index in [4.69, 9.17) is 22.0 Å². The number of aliphatic imine (C=N–C) groups is 1. The second-order valence-electron chi connectivity index (χ2n) is 12.2. The zero-order valence-electron chi connectivity index (χ0n) is 26.0. The fraction of sp³-hybridized carbons (Fsp3) is 0.486. The number of benzene rings is 2. The molecular formula is C35H45ClN6O. The summed E-state index contributed by atoms with van der Waals surface area (Å²) >= 11 is 6.17. The Bertz CT molecular complexity index is 1520. The molecule has 1 saturated carbocycles. The van der Waals surface area contributed by atoms with Gasteiger partial charge < -0.3 is 14.4 Å². The van der Waals surface area contributed by atoms with Crippen molar-refractivity contribution in [3.05, 3.63) is 76.2 Å². The van der Waals surface area contributed by atoms with Crippen molar-refractivity contribution in [1.82, 2.24) is 19.4 Å². The predicted octanol–water partition coefficient (Wildman–Crippen LogP) is 7.33. The van der Waals surface area contributed by atoms with Gasteiger partial charge in [0.15, 0.2) is 5.84 Å². The SMILES string of the molecule is CC=C(C(=N)/N=C\C(CC)Cc1cccc(Cl)c1)N1CCN(C(=O)c2ccc3c(c2)nc(CC2CCCC2)n3C)C(C)C1. The second kappa shape index (κ2) is 13.9. The first kappa shape index (κ1) is 31.0. The number of carbonyl (C=O) groups is 1. The van der Waals surface area contributed by atoms with Crippen LogP contribution in [0.1, 0.15) is 74.6 Å².